The van der Waals surface area contributed by atoms with Crippen molar-refractivity contribution in [3.8, 4) is 0 Å². The first-order valence-electron chi connectivity index (χ1n) is 5.50. The summed E-state index contributed by atoms with van der Waals surface area (Å²) in [5.74, 6) is -0.655. The number of hydrogen-bond donors (Lipinski definition) is 1. The average Bonchev–Trinajstić information content (AvgIpc) is 3.04. The predicted molar refractivity (Wildman–Crippen MR) is 76.5 cm³/mol. The minimum atomic E-state index is -3.78. The van der Waals surface area contributed by atoms with Gasteiger partial charge in [0.05, 0.1) is 13.7 Å². The molecule has 0 atom stereocenters. The van der Waals surface area contributed by atoms with Gasteiger partial charge in [-0.25, -0.2) is 22.9 Å². The third kappa shape index (κ3) is 3.06. The van der Waals surface area contributed by atoms with Crippen LogP contribution < -0.4 is 4.72 Å². The van der Waals surface area contributed by atoms with Crippen LogP contribution >= 0.6 is 22.7 Å². The summed E-state index contributed by atoms with van der Waals surface area (Å²) in [6.07, 6.45) is 1.60. The molecule has 6 nitrogen and oxygen atoms in total. The largest absolute Gasteiger partial charge is 0.465 e. The SMILES string of the molecule is COC(=O)c1scc(C)c1S(=O)(=O)NCc1nccs1. The van der Waals surface area contributed by atoms with Crippen LogP contribution in [0.4, 0.5) is 0 Å². The normalized spacial score (nSPS) is 11.5. The van der Waals surface area contributed by atoms with Gasteiger partial charge in [0.15, 0.2) is 0 Å². The van der Waals surface area contributed by atoms with Crippen LogP contribution in [0.5, 0.6) is 0 Å². The second-order valence-corrected chi connectivity index (χ2v) is 7.38. The quantitative estimate of drug-likeness (QED) is 0.844. The number of thiazole rings is 1. The molecule has 2 heterocycles. The first-order valence-corrected chi connectivity index (χ1v) is 8.74. The zero-order chi connectivity index (χ0) is 14.8. The number of nitrogens with one attached hydrogen (secondary N) is 1. The molecule has 108 valence electrons. The summed E-state index contributed by atoms with van der Waals surface area (Å²) in [7, 11) is -2.56. The monoisotopic (exact) mass is 332 g/mol. The van der Waals surface area contributed by atoms with Crippen molar-refractivity contribution >= 4 is 38.7 Å². The van der Waals surface area contributed by atoms with Crippen molar-refractivity contribution in [2.45, 2.75) is 18.4 Å². The fourth-order valence-corrected chi connectivity index (χ4v) is 4.91. The molecule has 0 bridgehead atoms. The fourth-order valence-electron chi connectivity index (χ4n) is 1.57. The van der Waals surface area contributed by atoms with Crippen molar-refractivity contribution in [1.29, 1.82) is 0 Å². The van der Waals surface area contributed by atoms with Crippen molar-refractivity contribution in [2.24, 2.45) is 0 Å². The maximum Gasteiger partial charge on any atom is 0.349 e. The summed E-state index contributed by atoms with van der Waals surface area (Å²) in [4.78, 5) is 15.7. The minimum Gasteiger partial charge on any atom is -0.465 e. The Morgan fingerprint density at radius 3 is 2.80 bits per heavy atom. The maximum atomic E-state index is 12.3. The van der Waals surface area contributed by atoms with Gasteiger partial charge >= 0.3 is 5.97 Å². The van der Waals surface area contributed by atoms with Gasteiger partial charge in [0.1, 0.15) is 14.8 Å². The van der Waals surface area contributed by atoms with Crippen LogP contribution in [-0.2, 0) is 21.3 Å². The first-order chi connectivity index (χ1) is 9.45. The van der Waals surface area contributed by atoms with E-state index in [4.69, 9.17) is 0 Å². The van der Waals surface area contributed by atoms with Crippen LogP contribution in [0, 0.1) is 6.92 Å². The van der Waals surface area contributed by atoms with E-state index in [1.165, 1.54) is 18.4 Å². The molecule has 1 N–H and O–H groups in total. The molecule has 9 heteroatoms. The van der Waals surface area contributed by atoms with E-state index in [9.17, 15) is 13.2 Å². The molecule has 20 heavy (non-hydrogen) atoms. The van der Waals surface area contributed by atoms with E-state index < -0.39 is 16.0 Å². The number of nitrogens with zero attached hydrogens (tertiary/aromatic N) is 1. The lowest BCUT2D eigenvalue weighted by Gasteiger charge is -2.07. The standard InChI is InChI=1S/C11H12N2O4S3/c1-7-6-19-9(11(14)17-2)10(7)20(15,16)13-5-8-12-3-4-18-8/h3-4,6,13H,5H2,1-2H3. The second-order valence-electron chi connectivity index (χ2n) is 3.82. The number of ether oxygens (including phenoxy) is 1. The number of carbonyl (C=O) groups excluding carboxylic acids is 1. The molecule has 0 spiro atoms. The van der Waals surface area contributed by atoms with Gasteiger partial charge in [-0.3, -0.25) is 0 Å². The molecular weight excluding hydrogens is 320 g/mol. The summed E-state index contributed by atoms with van der Waals surface area (Å²) in [6.45, 7) is 1.73. The van der Waals surface area contributed by atoms with Crippen LogP contribution in [0.25, 0.3) is 0 Å². The number of aromatic nitrogens is 1. The highest BCUT2D eigenvalue weighted by Crippen LogP contribution is 2.27. The van der Waals surface area contributed by atoms with Crippen LogP contribution in [-0.4, -0.2) is 26.5 Å². The number of aryl methyl sites for hydroxylation is 1. The van der Waals surface area contributed by atoms with E-state index >= 15 is 0 Å². The molecule has 0 fully saturated rings. The first kappa shape index (κ1) is 15.1. The maximum absolute atomic E-state index is 12.3. The minimum absolute atomic E-state index is 0.0223. The molecule has 0 aliphatic heterocycles. The third-order valence-corrected chi connectivity index (χ3v) is 6.03. The van der Waals surface area contributed by atoms with Gasteiger partial charge in [-0.2, -0.15) is 0 Å². The highest BCUT2D eigenvalue weighted by molar-refractivity contribution is 7.89. The highest BCUT2D eigenvalue weighted by Gasteiger charge is 2.27. The Morgan fingerprint density at radius 2 is 2.20 bits per heavy atom. The summed E-state index contributed by atoms with van der Waals surface area (Å²) >= 11 is 2.41. The van der Waals surface area contributed by atoms with Gasteiger partial charge < -0.3 is 4.74 Å². The number of sulfonamides is 1. The Hall–Kier alpha value is -1.29. The van der Waals surface area contributed by atoms with E-state index in [2.05, 4.69) is 14.4 Å². The van der Waals surface area contributed by atoms with E-state index in [1.54, 1.807) is 23.9 Å². The lowest BCUT2D eigenvalue weighted by atomic mass is 10.3. The van der Waals surface area contributed by atoms with Crippen LogP contribution in [0.3, 0.4) is 0 Å². The van der Waals surface area contributed by atoms with E-state index in [0.29, 0.717) is 10.6 Å². The Balaban J connectivity index is 2.29. The van der Waals surface area contributed by atoms with Crippen LogP contribution in [0.15, 0.2) is 21.9 Å². The number of methoxy groups -OCH3 is 1. The molecule has 0 saturated carbocycles. The Morgan fingerprint density at radius 1 is 1.45 bits per heavy atom. The van der Waals surface area contributed by atoms with Crippen molar-refractivity contribution in [2.75, 3.05) is 7.11 Å². The molecule has 0 radical (unpaired) electrons. The number of esters is 1. The van der Waals surface area contributed by atoms with Crippen LogP contribution in [0.2, 0.25) is 0 Å². The Labute approximate surface area is 124 Å². The lowest BCUT2D eigenvalue weighted by Crippen LogP contribution is -2.25. The molecule has 0 saturated heterocycles. The van der Waals surface area contributed by atoms with Gasteiger partial charge in [-0.1, -0.05) is 0 Å². The smallest absolute Gasteiger partial charge is 0.349 e. The summed E-state index contributed by atoms with van der Waals surface area (Å²) in [5.41, 5.74) is 0.516. The topological polar surface area (TPSA) is 85.4 Å². The number of hydrogen-bond acceptors (Lipinski definition) is 7. The molecule has 2 rings (SSSR count). The Bertz CT molecular complexity index is 704. The van der Waals surface area contributed by atoms with Crippen LogP contribution in [0.1, 0.15) is 20.2 Å². The van der Waals surface area contributed by atoms with Gasteiger partial charge in [-0.05, 0) is 17.9 Å². The fraction of sp³-hybridized carbons (Fsp3) is 0.273. The molecule has 0 amide bonds. The summed E-state index contributed by atoms with van der Waals surface area (Å²) in [5, 5.41) is 4.03. The molecule has 2 aromatic heterocycles. The summed E-state index contributed by atoms with van der Waals surface area (Å²) < 4.78 is 31.7. The number of carbonyl (C=O) groups is 1. The zero-order valence-corrected chi connectivity index (χ0v) is 13.2. The molecule has 0 aliphatic rings. The van der Waals surface area contributed by atoms with Gasteiger partial charge in [0, 0.05) is 11.6 Å². The molecule has 2 aromatic rings. The van der Waals surface area contributed by atoms with Crippen molar-refractivity contribution in [3.63, 3.8) is 0 Å². The molecule has 0 aromatic carbocycles. The van der Waals surface area contributed by atoms with Crippen molar-refractivity contribution in [3.05, 3.63) is 32.4 Å². The number of thiophene rings is 1. The highest BCUT2D eigenvalue weighted by atomic mass is 32.2. The molecule has 0 aliphatic carbocycles. The second kappa shape index (κ2) is 6.00. The third-order valence-electron chi connectivity index (χ3n) is 2.45. The Kier molecular flexibility index (Phi) is 4.53. The zero-order valence-electron chi connectivity index (χ0n) is 10.7. The van der Waals surface area contributed by atoms with E-state index in [1.807, 2.05) is 0 Å². The van der Waals surface area contributed by atoms with Gasteiger partial charge in [-0.15, -0.1) is 22.7 Å². The summed E-state index contributed by atoms with van der Waals surface area (Å²) in [6, 6.07) is 0. The van der Waals surface area contributed by atoms with Crippen molar-refractivity contribution < 1.29 is 17.9 Å². The molecule has 0 unspecified atom stereocenters. The van der Waals surface area contributed by atoms with Gasteiger partial charge in [0.2, 0.25) is 10.0 Å². The number of rotatable bonds is 5. The van der Waals surface area contributed by atoms with E-state index in [0.717, 1.165) is 11.3 Å². The average molecular weight is 332 g/mol. The predicted octanol–water partition coefficient (Wildman–Crippen LogP) is 1.78. The van der Waals surface area contributed by atoms with Crippen molar-refractivity contribution in [1.82, 2.24) is 9.71 Å². The van der Waals surface area contributed by atoms with Gasteiger partial charge in [0.25, 0.3) is 0 Å². The lowest BCUT2D eigenvalue weighted by molar-refractivity contribution is 0.0602. The van der Waals surface area contributed by atoms with E-state index in [-0.39, 0.29) is 16.3 Å². The molecular formula is C11H12N2O4S3.